The molecule has 0 aliphatic carbocycles. The van der Waals surface area contributed by atoms with Crippen LogP contribution in [0.4, 0.5) is 5.69 Å². The first kappa shape index (κ1) is 17.6. The molecule has 0 spiro atoms. The Morgan fingerprint density at radius 2 is 1.96 bits per heavy atom. The van der Waals surface area contributed by atoms with E-state index >= 15 is 0 Å². The molecule has 0 bridgehead atoms. The van der Waals surface area contributed by atoms with Gasteiger partial charge in [0.15, 0.2) is 0 Å². The van der Waals surface area contributed by atoms with Crippen LogP contribution in [-0.2, 0) is 14.8 Å². The Labute approximate surface area is 137 Å². The summed E-state index contributed by atoms with van der Waals surface area (Å²) in [6.45, 7) is 5.63. The second-order valence-electron chi connectivity index (χ2n) is 5.59. The van der Waals surface area contributed by atoms with E-state index in [4.69, 9.17) is 9.15 Å². The fraction of sp³-hybridized carbons (Fsp3) is 0.412. The summed E-state index contributed by atoms with van der Waals surface area (Å²) in [4.78, 5) is 0. The molecule has 6 heteroatoms. The minimum Gasteiger partial charge on any atom is -0.461 e. The third kappa shape index (κ3) is 4.59. The number of nitrogens with one attached hydrogen (secondary N) is 1. The fourth-order valence-electron chi connectivity index (χ4n) is 2.28. The predicted molar refractivity (Wildman–Crippen MR) is 92.1 cm³/mol. The molecular weight excluding hydrogens is 314 g/mol. The number of rotatable bonds is 7. The van der Waals surface area contributed by atoms with Crippen molar-refractivity contribution in [1.29, 1.82) is 0 Å². The summed E-state index contributed by atoms with van der Waals surface area (Å²) in [5.74, 6) is 1.46. The number of benzene rings is 1. The molecule has 126 valence electrons. The molecule has 1 unspecified atom stereocenters. The molecule has 5 nitrogen and oxygen atoms in total. The van der Waals surface area contributed by atoms with Gasteiger partial charge in [-0.2, -0.15) is 0 Å². The van der Waals surface area contributed by atoms with Crippen molar-refractivity contribution in [2.75, 3.05) is 17.6 Å². The lowest BCUT2D eigenvalue weighted by molar-refractivity contribution is 0.117. The number of ether oxygens (including phenoxy) is 1. The predicted octanol–water partition coefficient (Wildman–Crippen LogP) is 3.73. The van der Waals surface area contributed by atoms with Gasteiger partial charge in [-0.25, -0.2) is 8.42 Å². The molecule has 1 aromatic heterocycles. The number of furan rings is 1. The van der Waals surface area contributed by atoms with Crippen molar-refractivity contribution in [2.24, 2.45) is 0 Å². The first-order valence-corrected chi connectivity index (χ1v) is 9.20. The smallest absolute Gasteiger partial charge is 0.235 e. The molecule has 1 heterocycles. The summed E-state index contributed by atoms with van der Waals surface area (Å²) in [5.41, 5.74) is 2.24. The number of aryl methyl sites for hydroxylation is 2. The van der Waals surface area contributed by atoms with Gasteiger partial charge < -0.3 is 9.15 Å². The zero-order valence-corrected chi connectivity index (χ0v) is 14.7. The third-order valence-corrected chi connectivity index (χ3v) is 5.06. The van der Waals surface area contributed by atoms with E-state index in [1.54, 1.807) is 6.07 Å². The monoisotopic (exact) mass is 337 g/mol. The van der Waals surface area contributed by atoms with Gasteiger partial charge in [0.2, 0.25) is 10.0 Å². The molecule has 0 saturated carbocycles. The highest BCUT2D eigenvalue weighted by Gasteiger charge is 2.19. The molecule has 2 aromatic rings. The quantitative estimate of drug-likeness (QED) is 0.836. The maximum absolute atomic E-state index is 12.3. The lowest BCUT2D eigenvalue weighted by Gasteiger charge is -2.16. The molecule has 1 aromatic carbocycles. The van der Waals surface area contributed by atoms with E-state index in [9.17, 15) is 8.42 Å². The topological polar surface area (TPSA) is 68.5 Å². The molecule has 2 rings (SSSR count). The first-order chi connectivity index (χ1) is 10.8. The van der Waals surface area contributed by atoms with E-state index in [0.29, 0.717) is 17.9 Å². The first-order valence-electron chi connectivity index (χ1n) is 7.55. The second kappa shape index (κ2) is 7.19. The van der Waals surface area contributed by atoms with Crippen molar-refractivity contribution in [3.63, 3.8) is 0 Å². The lowest BCUT2D eigenvalue weighted by Crippen LogP contribution is -2.27. The van der Waals surface area contributed by atoms with Gasteiger partial charge in [0, 0.05) is 12.7 Å². The van der Waals surface area contributed by atoms with Gasteiger partial charge in [-0.15, -0.1) is 0 Å². The second-order valence-corrected chi connectivity index (χ2v) is 7.36. The SMILES string of the molecule is CCC(CS(=O)(=O)Nc1cc(-c2ccc(C)o2)ccc1C)OC. The summed E-state index contributed by atoms with van der Waals surface area (Å²) >= 11 is 0. The fourth-order valence-corrected chi connectivity index (χ4v) is 3.78. The Balaban J connectivity index is 2.25. The summed E-state index contributed by atoms with van der Waals surface area (Å²) in [5, 5.41) is 0. The van der Waals surface area contributed by atoms with Crippen molar-refractivity contribution in [3.05, 3.63) is 41.7 Å². The summed E-state index contributed by atoms with van der Waals surface area (Å²) in [7, 11) is -1.96. The Hall–Kier alpha value is -1.79. The van der Waals surface area contributed by atoms with Crippen molar-refractivity contribution in [3.8, 4) is 11.3 Å². The maximum Gasteiger partial charge on any atom is 0.235 e. The van der Waals surface area contributed by atoms with Crippen molar-refractivity contribution < 1.29 is 17.6 Å². The van der Waals surface area contributed by atoms with Crippen LogP contribution in [0.15, 0.2) is 34.7 Å². The van der Waals surface area contributed by atoms with Gasteiger partial charge in [0.1, 0.15) is 11.5 Å². The minimum atomic E-state index is -3.48. The highest BCUT2D eigenvalue weighted by molar-refractivity contribution is 7.92. The van der Waals surface area contributed by atoms with Crippen LogP contribution >= 0.6 is 0 Å². The van der Waals surface area contributed by atoms with Crippen molar-refractivity contribution in [2.45, 2.75) is 33.3 Å². The van der Waals surface area contributed by atoms with Gasteiger partial charge in [-0.3, -0.25) is 4.72 Å². The lowest BCUT2D eigenvalue weighted by atomic mass is 10.1. The van der Waals surface area contributed by atoms with Crippen LogP contribution in [0.25, 0.3) is 11.3 Å². The van der Waals surface area contributed by atoms with E-state index in [1.807, 2.05) is 45.0 Å². The van der Waals surface area contributed by atoms with Gasteiger partial charge in [0.25, 0.3) is 0 Å². The van der Waals surface area contributed by atoms with Gasteiger partial charge in [0.05, 0.1) is 17.5 Å². The standard InChI is InChI=1S/C17H23NO4S/c1-5-15(21-4)11-23(19,20)18-16-10-14(8-6-12(16)2)17-9-7-13(3)22-17/h6-10,15,18H,5,11H2,1-4H3. The molecule has 0 radical (unpaired) electrons. The Bertz CT molecular complexity index is 761. The van der Waals surface area contributed by atoms with Gasteiger partial charge in [-0.1, -0.05) is 19.1 Å². The van der Waals surface area contributed by atoms with E-state index in [-0.39, 0.29) is 11.9 Å². The molecule has 23 heavy (non-hydrogen) atoms. The molecule has 0 fully saturated rings. The molecule has 0 saturated heterocycles. The van der Waals surface area contributed by atoms with Crippen LogP contribution < -0.4 is 4.72 Å². The number of sulfonamides is 1. The van der Waals surface area contributed by atoms with Crippen LogP contribution in [0, 0.1) is 13.8 Å². The molecule has 0 aliphatic heterocycles. The zero-order chi connectivity index (χ0) is 17.0. The average molecular weight is 337 g/mol. The molecule has 1 atom stereocenters. The van der Waals surface area contributed by atoms with Gasteiger partial charge in [-0.05, 0) is 44.0 Å². The summed E-state index contributed by atoms with van der Waals surface area (Å²) < 4.78 is 38.1. The van der Waals surface area contributed by atoms with E-state index in [0.717, 1.165) is 16.9 Å². The maximum atomic E-state index is 12.3. The zero-order valence-electron chi connectivity index (χ0n) is 13.9. The highest BCUT2D eigenvalue weighted by atomic mass is 32.2. The normalized spacial score (nSPS) is 13.0. The minimum absolute atomic E-state index is 0.0659. The molecule has 0 aliphatic rings. The van der Waals surface area contributed by atoms with Crippen molar-refractivity contribution in [1.82, 2.24) is 0 Å². The molecular formula is C17H23NO4S. The molecule has 0 amide bonds. The van der Waals surface area contributed by atoms with Crippen LogP contribution in [0.2, 0.25) is 0 Å². The summed E-state index contributed by atoms with van der Waals surface area (Å²) in [6.07, 6.45) is 0.325. The van der Waals surface area contributed by atoms with Crippen LogP contribution in [0.3, 0.4) is 0 Å². The average Bonchev–Trinajstić information content (AvgIpc) is 2.93. The van der Waals surface area contributed by atoms with E-state index < -0.39 is 10.0 Å². The number of anilines is 1. The van der Waals surface area contributed by atoms with Crippen LogP contribution in [0.1, 0.15) is 24.7 Å². The number of methoxy groups -OCH3 is 1. The van der Waals surface area contributed by atoms with Crippen LogP contribution in [-0.4, -0.2) is 27.4 Å². The number of hydrogen-bond acceptors (Lipinski definition) is 4. The Kier molecular flexibility index (Phi) is 5.49. The van der Waals surface area contributed by atoms with Crippen molar-refractivity contribution >= 4 is 15.7 Å². The molecule has 1 N–H and O–H groups in total. The third-order valence-electron chi connectivity index (χ3n) is 3.72. The van der Waals surface area contributed by atoms with Crippen LogP contribution in [0.5, 0.6) is 0 Å². The Morgan fingerprint density at radius 3 is 2.52 bits per heavy atom. The number of hydrogen-bond donors (Lipinski definition) is 1. The summed E-state index contributed by atoms with van der Waals surface area (Å²) in [6, 6.07) is 9.33. The van der Waals surface area contributed by atoms with E-state index in [2.05, 4.69) is 4.72 Å². The highest BCUT2D eigenvalue weighted by Crippen LogP contribution is 2.27. The van der Waals surface area contributed by atoms with E-state index in [1.165, 1.54) is 7.11 Å². The largest absolute Gasteiger partial charge is 0.461 e. The Morgan fingerprint density at radius 1 is 1.22 bits per heavy atom. The van der Waals surface area contributed by atoms with Gasteiger partial charge >= 0.3 is 0 Å².